The van der Waals surface area contributed by atoms with Gasteiger partial charge in [-0.15, -0.1) is 0 Å². The molecule has 0 atom stereocenters. The lowest BCUT2D eigenvalue weighted by molar-refractivity contribution is 0.0932. The Morgan fingerprint density at radius 2 is 2.22 bits per heavy atom. The largest absolute Gasteiger partial charge is 0.483 e. The number of fused-ring (bicyclic) bond motifs is 1. The molecular weight excluding hydrogens is 298 g/mol. The summed E-state index contributed by atoms with van der Waals surface area (Å²) in [6.07, 6.45) is 5.02. The quantitative estimate of drug-likeness (QED) is 0.793. The molecule has 0 fully saturated rings. The summed E-state index contributed by atoms with van der Waals surface area (Å²) in [5, 5.41) is 6.98. The van der Waals surface area contributed by atoms with Crippen molar-refractivity contribution in [2.75, 3.05) is 19.8 Å². The summed E-state index contributed by atoms with van der Waals surface area (Å²) in [5.41, 5.74) is 0.241. The molecule has 1 amide bonds. The SMILES string of the molecule is CCc1nc2c(c(C(=O)NCCCn3cccn3)n1)OCCO2. The maximum Gasteiger partial charge on any atom is 0.274 e. The zero-order valence-corrected chi connectivity index (χ0v) is 13.0. The van der Waals surface area contributed by atoms with Crippen LogP contribution in [0.5, 0.6) is 11.6 Å². The number of hydrogen-bond donors (Lipinski definition) is 1. The average Bonchev–Trinajstić information content (AvgIpc) is 3.11. The van der Waals surface area contributed by atoms with Gasteiger partial charge in [-0.25, -0.2) is 4.98 Å². The second kappa shape index (κ2) is 7.08. The zero-order chi connectivity index (χ0) is 16.1. The van der Waals surface area contributed by atoms with Crippen LogP contribution in [-0.4, -0.2) is 45.4 Å². The number of nitrogens with one attached hydrogen (secondary N) is 1. The van der Waals surface area contributed by atoms with Gasteiger partial charge in [-0.1, -0.05) is 6.92 Å². The number of hydrogen-bond acceptors (Lipinski definition) is 6. The summed E-state index contributed by atoms with van der Waals surface area (Å²) in [4.78, 5) is 20.9. The van der Waals surface area contributed by atoms with E-state index in [1.807, 2.05) is 23.9 Å². The number of aromatic nitrogens is 4. The van der Waals surface area contributed by atoms with Crippen LogP contribution in [0.4, 0.5) is 0 Å². The monoisotopic (exact) mass is 317 g/mol. The van der Waals surface area contributed by atoms with E-state index >= 15 is 0 Å². The van der Waals surface area contributed by atoms with Crippen LogP contribution < -0.4 is 14.8 Å². The Kier molecular flexibility index (Phi) is 4.70. The first kappa shape index (κ1) is 15.3. The van der Waals surface area contributed by atoms with Gasteiger partial charge in [0.05, 0.1) is 0 Å². The van der Waals surface area contributed by atoms with E-state index in [9.17, 15) is 4.79 Å². The van der Waals surface area contributed by atoms with E-state index in [-0.39, 0.29) is 11.6 Å². The molecule has 0 radical (unpaired) electrons. The Morgan fingerprint density at radius 1 is 1.35 bits per heavy atom. The summed E-state index contributed by atoms with van der Waals surface area (Å²) in [6, 6.07) is 1.87. The molecular formula is C15H19N5O3. The predicted molar refractivity (Wildman–Crippen MR) is 81.6 cm³/mol. The molecule has 3 heterocycles. The topological polar surface area (TPSA) is 91.2 Å². The number of aryl methyl sites for hydroxylation is 2. The summed E-state index contributed by atoms with van der Waals surface area (Å²) < 4.78 is 12.8. The lowest BCUT2D eigenvalue weighted by atomic mass is 10.3. The lowest BCUT2D eigenvalue weighted by Crippen LogP contribution is -2.29. The van der Waals surface area contributed by atoms with Crippen LogP contribution in [-0.2, 0) is 13.0 Å². The van der Waals surface area contributed by atoms with Crippen molar-refractivity contribution in [1.29, 1.82) is 0 Å². The van der Waals surface area contributed by atoms with Gasteiger partial charge in [-0.3, -0.25) is 9.48 Å². The van der Waals surface area contributed by atoms with Crippen molar-refractivity contribution >= 4 is 5.91 Å². The first-order chi connectivity index (χ1) is 11.3. The molecule has 0 aromatic carbocycles. The average molecular weight is 317 g/mol. The van der Waals surface area contributed by atoms with Crippen LogP contribution in [0.1, 0.15) is 29.7 Å². The van der Waals surface area contributed by atoms with Crippen molar-refractivity contribution in [3.8, 4) is 11.6 Å². The van der Waals surface area contributed by atoms with Crippen molar-refractivity contribution in [2.24, 2.45) is 0 Å². The van der Waals surface area contributed by atoms with E-state index in [1.165, 1.54) is 0 Å². The van der Waals surface area contributed by atoms with Crippen LogP contribution in [0.15, 0.2) is 18.5 Å². The molecule has 0 aliphatic carbocycles. The fourth-order valence-electron chi connectivity index (χ4n) is 2.26. The van der Waals surface area contributed by atoms with Gasteiger partial charge in [0.2, 0.25) is 5.75 Å². The molecule has 1 aliphatic heterocycles. The van der Waals surface area contributed by atoms with E-state index in [2.05, 4.69) is 20.4 Å². The number of carbonyl (C=O) groups excluding carboxylic acids is 1. The van der Waals surface area contributed by atoms with Crippen molar-refractivity contribution < 1.29 is 14.3 Å². The summed E-state index contributed by atoms with van der Waals surface area (Å²) >= 11 is 0. The van der Waals surface area contributed by atoms with Crippen LogP contribution in [0.3, 0.4) is 0 Å². The van der Waals surface area contributed by atoms with E-state index in [4.69, 9.17) is 9.47 Å². The molecule has 8 heteroatoms. The molecule has 122 valence electrons. The van der Waals surface area contributed by atoms with Gasteiger partial charge in [-0.2, -0.15) is 10.1 Å². The Hall–Kier alpha value is -2.64. The number of amides is 1. The van der Waals surface area contributed by atoms with E-state index in [0.29, 0.717) is 43.6 Å². The minimum atomic E-state index is -0.274. The zero-order valence-electron chi connectivity index (χ0n) is 13.0. The highest BCUT2D eigenvalue weighted by atomic mass is 16.6. The van der Waals surface area contributed by atoms with Gasteiger partial charge in [0.25, 0.3) is 11.8 Å². The van der Waals surface area contributed by atoms with Crippen molar-refractivity contribution in [1.82, 2.24) is 25.1 Å². The highest BCUT2D eigenvalue weighted by Crippen LogP contribution is 2.30. The van der Waals surface area contributed by atoms with Gasteiger partial charge in [0.15, 0.2) is 5.69 Å². The molecule has 2 aromatic rings. The molecule has 0 unspecified atom stereocenters. The Balaban J connectivity index is 1.64. The van der Waals surface area contributed by atoms with Gasteiger partial charge in [0, 0.05) is 31.9 Å². The van der Waals surface area contributed by atoms with Crippen LogP contribution in [0.2, 0.25) is 0 Å². The van der Waals surface area contributed by atoms with E-state index in [1.54, 1.807) is 6.20 Å². The fourth-order valence-corrected chi connectivity index (χ4v) is 2.26. The molecule has 0 bridgehead atoms. The third-order valence-electron chi connectivity index (χ3n) is 3.39. The normalized spacial score (nSPS) is 12.9. The number of carbonyl (C=O) groups is 1. The number of nitrogens with zero attached hydrogens (tertiary/aromatic N) is 4. The smallest absolute Gasteiger partial charge is 0.274 e. The molecule has 3 rings (SSSR count). The first-order valence-electron chi connectivity index (χ1n) is 7.70. The third kappa shape index (κ3) is 3.58. The third-order valence-corrected chi connectivity index (χ3v) is 3.39. The van der Waals surface area contributed by atoms with Crippen molar-refractivity contribution in [2.45, 2.75) is 26.3 Å². The standard InChI is InChI=1S/C15H19N5O3/c1-2-11-18-12(13-15(19-11)23-10-9-22-13)14(21)16-5-3-7-20-8-4-6-17-20/h4,6,8H,2-3,5,7,9-10H2,1H3,(H,16,21). The van der Waals surface area contributed by atoms with Crippen molar-refractivity contribution in [3.63, 3.8) is 0 Å². The Labute approximate surface area is 133 Å². The minimum Gasteiger partial charge on any atom is -0.483 e. The molecule has 1 N–H and O–H groups in total. The molecule has 0 saturated carbocycles. The van der Waals surface area contributed by atoms with Gasteiger partial charge < -0.3 is 14.8 Å². The van der Waals surface area contributed by atoms with Crippen LogP contribution in [0, 0.1) is 0 Å². The van der Waals surface area contributed by atoms with Crippen molar-refractivity contribution in [3.05, 3.63) is 30.0 Å². The first-order valence-corrected chi connectivity index (χ1v) is 7.70. The molecule has 23 heavy (non-hydrogen) atoms. The van der Waals surface area contributed by atoms with Crippen LogP contribution >= 0.6 is 0 Å². The lowest BCUT2D eigenvalue weighted by Gasteiger charge is -2.19. The summed E-state index contributed by atoms with van der Waals surface area (Å²) in [7, 11) is 0. The highest BCUT2D eigenvalue weighted by molar-refractivity contribution is 5.95. The maximum absolute atomic E-state index is 12.4. The van der Waals surface area contributed by atoms with E-state index < -0.39 is 0 Å². The summed E-state index contributed by atoms with van der Waals surface area (Å²) in [5.74, 6) is 0.975. The summed E-state index contributed by atoms with van der Waals surface area (Å²) in [6.45, 7) is 4.02. The molecule has 0 spiro atoms. The second-order valence-corrected chi connectivity index (χ2v) is 5.05. The Morgan fingerprint density at radius 3 is 3.00 bits per heavy atom. The molecule has 2 aromatic heterocycles. The molecule has 8 nitrogen and oxygen atoms in total. The van der Waals surface area contributed by atoms with E-state index in [0.717, 1.165) is 13.0 Å². The number of rotatable bonds is 6. The minimum absolute atomic E-state index is 0.241. The van der Waals surface area contributed by atoms with Gasteiger partial charge >= 0.3 is 0 Å². The van der Waals surface area contributed by atoms with Crippen LogP contribution in [0.25, 0.3) is 0 Å². The molecule has 0 saturated heterocycles. The van der Waals surface area contributed by atoms with Gasteiger partial charge in [-0.05, 0) is 12.5 Å². The second-order valence-electron chi connectivity index (χ2n) is 5.05. The fraction of sp³-hybridized carbons (Fsp3) is 0.467. The maximum atomic E-state index is 12.4. The molecule has 1 aliphatic rings. The Bertz CT molecular complexity index is 672. The number of ether oxygens (including phenoxy) is 2. The highest BCUT2D eigenvalue weighted by Gasteiger charge is 2.24. The predicted octanol–water partition coefficient (Wildman–Crippen LogP) is 0.827. The van der Waals surface area contributed by atoms with Gasteiger partial charge in [0.1, 0.15) is 19.0 Å².